The van der Waals surface area contributed by atoms with E-state index in [9.17, 15) is 0 Å². The smallest absolute Gasteiger partial charge is 0.126 e. The fourth-order valence-corrected chi connectivity index (χ4v) is 2.84. The second-order valence-corrected chi connectivity index (χ2v) is 6.64. The quantitative estimate of drug-likeness (QED) is 0.904. The van der Waals surface area contributed by atoms with E-state index >= 15 is 0 Å². The summed E-state index contributed by atoms with van der Waals surface area (Å²) in [7, 11) is 0. The first kappa shape index (κ1) is 13.4. The number of hydrogen-bond donors (Lipinski definition) is 1. The van der Waals surface area contributed by atoms with E-state index in [1.54, 1.807) is 0 Å². The van der Waals surface area contributed by atoms with Crippen LogP contribution in [0.15, 0.2) is 36.4 Å². The first-order valence-corrected chi connectivity index (χ1v) is 7.40. The Morgan fingerprint density at radius 1 is 1.15 bits per heavy atom. The van der Waals surface area contributed by atoms with Crippen molar-refractivity contribution in [2.24, 2.45) is 0 Å². The largest absolute Gasteiger partial charge is 0.366 e. The monoisotopic (exact) mass is 269 g/mol. The third kappa shape index (κ3) is 2.78. The summed E-state index contributed by atoms with van der Waals surface area (Å²) in [6.07, 6.45) is 1.19. The Bertz CT molecular complexity index is 600. The van der Waals surface area contributed by atoms with E-state index in [4.69, 9.17) is 4.98 Å². The first-order valence-electron chi connectivity index (χ1n) is 7.40. The average Bonchev–Trinajstić information content (AvgIpc) is 2.87. The summed E-state index contributed by atoms with van der Waals surface area (Å²) in [4.78, 5) is 7.23. The summed E-state index contributed by atoms with van der Waals surface area (Å²) in [6, 6.07) is 13.0. The van der Waals surface area contributed by atoms with Gasteiger partial charge in [0.1, 0.15) is 5.82 Å². The summed E-state index contributed by atoms with van der Waals surface area (Å²) in [5.41, 5.74) is 1.32. The standard InChI is InChI=1S/C17H23N3/c1-17(2,3)20-11-10-14(12-20)18-16-9-8-13-6-4-5-7-15(13)19-16/h4-9,14H,10-12H2,1-3H3,(H,18,19). The van der Waals surface area contributed by atoms with E-state index < -0.39 is 0 Å². The molecule has 0 saturated carbocycles. The summed E-state index contributed by atoms with van der Waals surface area (Å²) in [6.45, 7) is 9.10. The highest BCUT2D eigenvalue weighted by atomic mass is 15.2. The van der Waals surface area contributed by atoms with Crippen molar-refractivity contribution in [1.29, 1.82) is 0 Å². The maximum Gasteiger partial charge on any atom is 0.126 e. The topological polar surface area (TPSA) is 28.2 Å². The molecule has 1 aliphatic rings. The number of hydrogen-bond acceptors (Lipinski definition) is 3. The Labute approximate surface area is 121 Å². The number of pyridine rings is 1. The number of benzene rings is 1. The number of nitrogens with zero attached hydrogens (tertiary/aromatic N) is 2. The second kappa shape index (κ2) is 5.06. The second-order valence-electron chi connectivity index (χ2n) is 6.64. The molecule has 1 N–H and O–H groups in total. The lowest BCUT2D eigenvalue weighted by Crippen LogP contribution is -2.40. The predicted molar refractivity (Wildman–Crippen MR) is 85.1 cm³/mol. The van der Waals surface area contributed by atoms with Crippen LogP contribution in [0.3, 0.4) is 0 Å². The van der Waals surface area contributed by atoms with Crippen molar-refractivity contribution in [1.82, 2.24) is 9.88 Å². The number of para-hydroxylation sites is 1. The molecule has 1 aliphatic heterocycles. The zero-order valence-corrected chi connectivity index (χ0v) is 12.6. The van der Waals surface area contributed by atoms with Crippen LogP contribution in [0.2, 0.25) is 0 Å². The molecule has 2 aromatic rings. The third-order valence-electron chi connectivity index (χ3n) is 4.09. The molecule has 3 nitrogen and oxygen atoms in total. The van der Waals surface area contributed by atoms with Gasteiger partial charge in [0.2, 0.25) is 0 Å². The Morgan fingerprint density at radius 2 is 1.95 bits per heavy atom. The molecule has 1 unspecified atom stereocenters. The highest BCUT2D eigenvalue weighted by Crippen LogP contribution is 2.23. The van der Waals surface area contributed by atoms with Gasteiger partial charge >= 0.3 is 0 Å². The molecule has 3 heteroatoms. The molecular weight excluding hydrogens is 246 g/mol. The van der Waals surface area contributed by atoms with Crippen molar-refractivity contribution in [3.63, 3.8) is 0 Å². The van der Waals surface area contributed by atoms with Crippen LogP contribution in [0.25, 0.3) is 10.9 Å². The van der Waals surface area contributed by atoms with Gasteiger partial charge < -0.3 is 5.32 Å². The SMILES string of the molecule is CC(C)(C)N1CCC(Nc2ccc3ccccc3n2)C1. The number of fused-ring (bicyclic) bond motifs is 1. The van der Waals surface area contributed by atoms with Gasteiger partial charge in [-0.15, -0.1) is 0 Å². The molecule has 2 heterocycles. The summed E-state index contributed by atoms with van der Waals surface area (Å²) in [5.74, 6) is 0.990. The van der Waals surface area contributed by atoms with Gasteiger partial charge in [-0.2, -0.15) is 0 Å². The Morgan fingerprint density at radius 3 is 2.70 bits per heavy atom. The summed E-state index contributed by atoms with van der Waals surface area (Å²) >= 11 is 0. The van der Waals surface area contributed by atoms with Crippen molar-refractivity contribution in [3.8, 4) is 0 Å². The normalized spacial score (nSPS) is 20.4. The van der Waals surface area contributed by atoms with Gasteiger partial charge in [-0.1, -0.05) is 18.2 Å². The zero-order chi connectivity index (χ0) is 14.2. The lowest BCUT2D eigenvalue weighted by Gasteiger charge is -2.31. The fourth-order valence-electron chi connectivity index (χ4n) is 2.84. The Hall–Kier alpha value is -1.61. The molecule has 106 valence electrons. The lowest BCUT2D eigenvalue weighted by molar-refractivity contribution is 0.174. The summed E-state index contributed by atoms with van der Waals surface area (Å²) in [5, 5.41) is 4.78. The number of anilines is 1. The minimum atomic E-state index is 0.257. The van der Waals surface area contributed by atoms with E-state index in [-0.39, 0.29) is 5.54 Å². The minimum Gasteiger partial charge on any atom is -0.366 e. The van der Waals surface area contributed by atoms with Crippen molar-refractivity contribution < 1.29 is 0 Å². The maximum atomic E-state index is 4.70. The van der Waals surface area contributed by atoms with Gasteiger partial charge in [-0.05, 0) is 45.4 Å². The predicted octanol–water partition coefficient (Wildman–Crippen LogP) is 3.52. The molecule has 1 aromatic heterocycles. The van der Waals surface area contributed by atoms with Crippen molar-refractivity contribution in [2.75, 3.05) is 18.4 Å². The molecular formula is C17H23N3. The molecule has 20 heavy (non-hydrogen) atoms. The number of rotatable bonds is 2. The van der Waals surface area contributed by atoms with Crippen LogP contribution < -0.4 is 5.32 Å². The van der Waals surface area contributed by atoms with Crippen LogP contribution in [0.5, 0.6) is 0 Å². The molecule has 0 aliphatic carbocycles. The Balaban J connectivity index is 1.71. The van der Waals surface area contributed by atoms with Crippen molar-refractivity contribution in [3.05, 3.63) is 36.4 Å². The van der Waals surface area contributed by atoms with Crippen LogP contribution in [-0.4, -0.2) is 34.6 Å². The molecule has 3 rings (SSSR count). The average molecular weight is 269 g/mol. The molecule has 0 spiro atoms. The molecule has 1 saturated heterocycles. The summed E-state index contributed by atoms with van der Waals surface area (Å²) < 4.78 is 0. The molecule has 1 fully saturated rings. The Kier molecular flexibility index (Phi) is 3.38. The zero-order valence-electron chi connectivity index (χ0n) is 12.6. The van der Waals surface area contributed by atoms with Gasteiger partial charge in [0.15, 0.2) is 0 Å². The first-order chi connectivity index (χ1) is 9.52. The van der Waals surface area contributed by atoms with Crippen LogP contribution >= 0.6 is 0 Å². The van der Waals surface area contributed by atoms with Crippen molar-refractivity contribution in [2.45, 2.75) is 38.8 Å². The van der Waals surface area contributed by atoms with E-state index in [2.05, 4.69) is 61.3 Å². The van der Waals surface area contributed by atoms with Crippen LogP contribution in [0, 0.1) is 0 Å². The molecule has 0 amide bonds. The highest BCUT2D eigenvalue weighted by molar-refractivity contribution is 5.80. The van der Waals surface area contributed by atoms with Gasteiger partial charge in [0, 0.05) is 30.1 Å². The minimum absolute atomic E-state index is 0.257. The molecule has 0 bridgehead atoms. The lowest BCUT2D eigenvalue weighted by atomic mass is 10.1. The number of likely N-dealkylation sites (tertiary alicyclic amines) is 1. The van der Waals surface area contributed by atoms with Gasteiger partial charge in [0.05, 0.1) is 5.52 Å². The van der Waals surface area contributed by atoms with Crippen LogP contribution in [0.1, 0.15) is 27.2 Å². The van der Waals surface area contributed by atoms with Gasteiger partial charge in [-0.25, -0.2) is 4.98 Å². The third-order valence-corrected chi connectivity index (χ3v) is 4.09. The maximum absolute atomic E-state index is 4.70. The van der Waals surface area contributed by atoms with E-state index in [1.165, 1.54) is 11.8 Å². The van der Waals surface area contributed by atoms with Crippen molar-refractivity contribution >= 4 is 16.7 Å². The molecule has 1 atom stereocenters. The molecule has 0 radical (unpaired) electrons. The number of aromatic nitrogens is 1. The highest BCUT2D eigenvalue weighted by Gasteiger charge is 2.30. The molecule has 1 aromatic carbocycles. The van der Waals surface area contributed by atoms with Gasteiger partial charge in [0.25, 0.3) is 0 Å². The van der Waals surface area contributed by atoms with E-state index in [0.717, 1.165) is 24.4 Å². The van der Waals surface area contributed by atoms with Crippen LogP contribution in [-0.2, 0) is 0 Å². The van der Waals surface area contributed by atoms with E-state index in [0.29, 0.717) is 6.04 Å². The number of nitrogens with one attached hydrogen (secondary N) is 1. The van der Waals surface area contributed by atoms with Crippen LogP contribution in [0.4, 0.5) is 5.82 Å². The van der Waals surface area contributed by atoms with E-state index in [1.807, 2.05) is 6.07 Å². The van der Waals surface area contributed by atoms with Gasteiger partial charge in [-0.3, -0.25) is 4.90 Å². The fraction of sp³-hybridized carbons (Fsp3) is 0.471.